The molecule has 0 amide bonds. The van der Waals surface area contributed by atoms with E-state index in [4.69, 9.17) is 9.59 Å². The van der Waals surface area contributed by atoms with E-state index in [9.17, 15) is 0 Å². The molecule has 0 rings (SSSR count). The van der Waals surface area contributed by atoms with Gasteiger partial charge < -0.3 is 0 Å². The van der Waals surface area contributed by atoms with Crippen molar-refractivity contribution in [1.82, 2.24) is 0 Å². The van der Waals surface area contributed by atoms with E-state index in [0.29, 0.717) is 0 Å². The van der Waals surface area contributed by atoms with Gasteiger partial charge in [0.2, 0.25) is 11.9 Å². The predicted octanol–water partition coefficient (Wildman–Crippen LogP) is -0.794. The lowest BCUT2D eigenvalue weighted by atomic mass is 10.6. The van der Waals surface area contributed by atoms with Crippen LogP contribution in [0.5, 0.6) is 0 Å². The van der Waals surface area contributed by atoms with E-state index < -0.39 is 0 Å². The van der Waals surface area contributed by atoms with Crippen molar-refractivity contribution < 1.29 is 9.59 Å². The van der Waals surface area contributed by atoms with Crippen LogP contribution in [0.4, 0.5) is 0 Å². The van der Waals surface area contributed by atoms with E-state index in [1.165, 1.54) is 0 Å². The fourth-order valence-corrected chi connectivity index (χ4v) is 0. The Morgan fingerprint density at radius 1 is 1.00 bits per heavy atom. The van der Waals surface area contributed by atoms with Crippen LogP contribution in [-0.4, -0.2) is 11.9 Å². The normalized spacial score (nSPS) is 3.00. The van der Waals surface area contributed by atoms with Crippen LogP contribution in [-0.2, 0) is 9.59 Å². The highest BCUT2D eigenvalue weighted by atomic mass is 16.1. The molecule has 0 spiro atoms. The standard InChI is InChI=1S/C2O2/c3-1-2-4/i1-1. The van der Waals surface area contributed by atoms with Gasteiger partial charge in [0.25, 0.3) is 0 Å². The molecule has 0 unspecified atom stereocenters. The maximum absolute atomic E-state index is 8.62. The van der Waals surface area contributed by atoms with E-state index in [2.05, 4.69) is 0 Å². The molecular formula is C2O2. The first kappa shape index (κ1) is 3.16. The Morgan fingerprint density at radius 3 is 1.25 bits per heavy atom. The molecule has 0 aliphatic heterocycles. The summed E-state index contributed by atoms with van der Waals surface area (Å²) in [6.07, 6.45) is 0. The highest BCUT2D eigenvalue weighted by Crippen LogP contribution is 0.915. The lowest BCUT2D eigenvalue weighted by molar-refractivity contribution is 0.552. The van der Waals surface area contributed by atoms with Crippen LogP contribution >= 0.6 is 0 Å². The summed E-state index contributed by atoms with van der Waals surface area (Å²) in [6, 6.07) is 0. The zero-order valence-electron chi connectivity index (χ0n) is 1.82. The topological polar surface area (TPSA) is 34.1 Å². The summed E-state index contributed by atoms with van der Waals surface area (Å²) < 4.78 is 0. The van der Waals surface area contributed by atoms with E-state index in [-0.39, 0.29) is 0 Å². The van der Waals surface area contributed by atoms with E-state index in [0.717, 1.165) is 11.9 Å². The van der Waals surface area contributed by atoms with Crippen LogP contribution in [0.25, 0.3) is 0 Å². The Balaban J connectivity index is 3.95. The Bertz CT molecular complexity index is 54.1. The molecule has 0 aliphatic rings. The van der Waals surface area contributed by atoms with Crippen LogP contribution in [0.2, 0.25) is 0 Å². The Morgan fingerprint density at radius 2 is 1.25 bits per heavy atom. The fourth-order valence-electron chi connectivity index (χ4n) is 0. The van der Waals surface area contributed by atoms with E-state index >= 15 is 0 Å². The maximum Gasteiger partial charge on any atom is 0.221 e. The van der Waals surface area contributed by atoms with Gasteiger partial charge in [0.15, 0.2) is 0 Å². The van der Waals surface area contributed by atoms with Crippen molar-refractivity contribution in [2.75, 3.05) is 0 Å². The third-order valence-electron chi connectivity index (χ3n) is 0.0417. The number of hydrogen-bond donors (Lipinski definition) is 0. The number of hydrogen-bond acceptors (Lipinski definition) is 2. The highest BCUT2D eigenvalue weighted by molar-refractivity contribution is 5.81. The third-order valence-corrected chi connectivity index (χ3v) is 0.0417. The molecule has 0 saturated heterocycles. The summed E-state index contributed by atoms with van der Waals surface area (Å²) in [6.45, 7) is 0. The lowest BCUT2D eigenvalue weighted by Crippen LogP contribution is -1.38. The average Bonchev–Trinajstić information content (AvgIpc) is 1.37. The second kappa shape index (κ2) is 2.16. The molecule has 2 heteroatoms. The average molecular weight is 55.0 g/mol. The molecule has 0 saturated carbocycles. The maximum atomic E-state index is 8.62. The summed E-state index contributed by atoms with van der Waals surface area (Å²) in [5.41, 5.74) is 0. The molecule has 0 N–H and O–H groups in total. The lowest BCUT2D eigenvalue weighted by Gasteiger charge is -1.07. The zero-order chi connectivity index (χ0) is 3.41. The van der Waals surface area contributed by atoms with E-state index in [1.54, 1.807) is 0 Å². The van der Waals surface area contributed by atoms with Crippen LogP contribution in [0, 0.1) is 0 Å². The molecule has 0 heterocycles. The quantitative estimate of drug-likeness (QED) is 0.340. The minimum absolute atomic E-state index is 0.875. The molecule has 0 aromatic rings. The zero-order valence-corrected chi connectivity index (χ0v) is 1.82. The van der Waals surface area contributed by atoms with Crippen molar-refractivity contribution in [3.63, 3.8) is 0 Å². The Labute approximate surface area is 22.7 Å². The van der Waals surface area contributed by atoms with E-state index in [1.807, 2.05) is 0 Å². The molecule has 0 radical (unpaired) electrons. The molecule has 0 aliphatic carbocycles. The van der Waals surface area contributed by atoms with Gasteiger partial charge in [-0.3, -0.25) is 0 Å². The van der Waals surface area contributed by atoms with Gasteiger partial charge in [-0.1, -0.05) is 0 Å². The van der Waals surface area contributed by atoms with Crippen molar-refractivity contribution in [2.24, 2.45) is 0 Å². The monoisotopic (exact) mass is 55.0 g/mol. The van der Waals surface area contributed by atoms with Gasteiger partial charge in [0, 0.05) is 0 Å². The minimum Gasteiger partial charge on any atom is -0.221 e. The number of rotatable bonds is 0. The first-order valence-corrected chi connectivity index (χ1v) is 0.658. The van der Waals surface area contributed by atoms with Gasteiger partial charge >= 0.3 is 0 Å². The minimum atomic E-state index is 0.875. The largest absolute Gasteiger partial charge is 0.221 e. The van der Waals surface area contributed by atoms with Gasteiger partial charge in [-0.15, -0.1) is 0 Å². The summed E-state index contributed by atoms with van der Waals surface area (Å²) >= 11 is 0. The smallest absolute Gasteiger partial charge is 0.221 e. The second-order valence-electron chi connectivity index (χ2n) is 0.204. The van der Waals surface area contributed by atoms with Gasteiger partial charge in [0.05, 0.1) is 0 Å². The van der Waals surface area contributed by atoms with Crippen LogP contribution in [0.1, 0.15) is 0 Å². The summed E-state index contributed by atoms with van der Waals surface area (Å²) in [5.74, 6) is 1.75. The first-order valence-electron chi connectivity index (χ1n) is 0.658. The molecule has 2 nitrogen and oxygen atoms in total. The predicted molar refractivity (Wildman–Crippen MR) is 11.4 cm³/mol. The highest BCUT2D eigenvalue weighted by Gasteiger charge is 1.27. The summed E-state index contributed by atoms with van der Waals surface area (Å²) in [7, 11) is 0. The molecule has 0 aromatic carbocycles. The number of carbonyl (C=O) groups excluding carboxylic acids is 2. The molecule has 0 atom stereocenters. The molecular weight excluding hydrogens is 55.0 g/mol. The third kappa shape index (κ3) is 1.16. The molecule has 4 heavy (non-hydrogen) atoms. The summed E-state index contributed by atoms with van der Waals surface area (Å²) in [5, 5.41) is 0. The summed E-state index contributed by atoms with van der Waals surface area (Å²) in [4.78, 5) is 17.2. The van der Waals surface area contributed by atoms with Crippen molar-refractivity contribution in [3.05, 3.63) is 0 Å². The Kier molecular flexibility index (Phi) is 1.71. The van der Waals surface area contributed by atoms with Gasteiger partial charge in [-0.05, 0) is 0 Å². The first-order chi connectivity index (χ1) is 1.91. The van der Waals surface area contributed by atoms with Crippen molar-refractivity contribution >= 4 is 11.9 Å². The molecule has 0 fully saturated rings. The van der Waals surface area contributed by atoms with Crippen molar-refractivity contribution in [2.45, 2.75) is 0 Å². The Hall–Kier alpha value is -0.840. The van der Waals surface area contributed by atoms with Crippen molar-refractivity contribution in [3.8, 4) is 0 Å². The van der Waals surface area contributed by atoms with Gasteiger partial charge in [0.1, 0.15) is 0 Å². The SMILES string of the molecule is O=C=[11C]=O. The van der Waals surface area contributed by atoms with Crippen LogP contribution < -0.4 is 0 Å². The fraction of sp³-hybridized carbons (Fsp3) is 0. The molecule has 20 valence electrons. The second-order valence-corrected chi connectivity index (χ2v) is 0.204. The molecule has 0 bridgehead atoms. The van der Waals surface area contributed by atoms with Gasteiger partial charge in [-0.25, -0.2) is 9.59 Å². The molecule has 0 aromatic heterocycles. The van der Waals surface area contributed by atoms with Crippen LogP contribution in [0.15, 0.2) is 0 Å². The van der Waals surface area contributed by atoms with Gasteiger partial charge in [-0.2, -0.15) is 0 Å². The van der Waals surface area contributed by atoms with Crippen LogP contribution in [0.3, 0.4) is 0 Å². The van der Waals surface area contributed by atoms with Crippen molar-refractivity contribution in [1.29, 1.82) is 0 Å².